The van der Waals surface area contributed by atoms with Crippen molar-refractivity contribution in [1.82, 2.24) is 5.32 Å². The van der Waals surface area contributed by atoms with Crippen molar-refractivity contribution >= 4 is 18.0 Å². The summed E-state index contributed by atoms with van der Waals surface area (Å²) in [5.41, 5.74) is 0.766. The van der Waals surface area contributed by atoms with Gasteiger partial charge in [-0.25, -0.2) is 4.79 Å². The van der Waals surface area contributed by atoms with Crippen molar-refractivity contribution < 1.29 is 14.7 Å². The first-order chi connectivity index (χ1) is 8.89. The molecule has 19 heavy (non-hydrogen) atoms. The second kappa shape index (κ2) is 6.18. The molecule has 0 saturated heterocycles. The molecule has 0 radical (unpaired) electrons. The first-order valence-electron chi connectivity index (χ1n) is 6.18. The Morgan fingerprint density at radius 2 is 2.00 bits per heavy atom. The summed E-state index contributed by atoms with van der Waals surface area (Å²) in [4.78, 5) is 22.8. The number of hydrogen-bond donors (Lipinski definition) is 2. The van der Waals surface area contributed by atoms with Crippen LogP contribution >= 0.6 is 0 Å². The summed E-state index contributed by atoms with van der Waals surface area (Å²) >= 11 is 0. The molecule has 0 aromatic heterocycles. The van der Waals surface area contributed by atoms with Crippen molar-refractivity contribution in [3.63, 3.8) is 0 Å². The van der Waals surface area contributed by atoms with Gasteiger partial charge in [-0.2, -0.15) is 0 Å². The van der Waals surface area contributed by atoms with E-state index in [9.17, 15) is 9.59 Å². The molecule has 1 rings (SSSR count). The van der Waals surface area contributed by atoms with Gasteiger partial charge in [-0.1, -0.05) is 31.2 Å². The van der Waals surface area contributed by atoms with E-state index in [4.69, 9.17) is 5.11 Å². The van der Waals surface area contributed by atoms with Crippen LogP contribution in [0.1, 0.15) is 31.4 Å². The van der Waals surface area contributed by atoms with Crippen LogP contribution in [0.25, 0.3) is 6.08 Å². The maximum Gasteiger partial charge on any atom is 0.329 e. The number of rotatable bonds is 5. The molecule has 0 saturated carbocycles. The molecule has 1 aromatic rings. The molecular formula is C15H19NO3. The summed E-state index contributed by atoms with van der Waals surface area (Å²) in [6.45, 7) is 5.17. The number of carbonyl (C=O) groups is 2. The van der Waals surface area contributed by atoms with Gasteiger partial charge in [0.2, 0.25) is 5.91 Å². The van der Waals surface area contributed by atoms with Crippen LogP contribution < -0.4 is 5.32 Å². The van der Waals surface area contributed by atoms with Crippen molar-refractivity contribution in [2.45, 2.75) is 32.7 Å². The van der Waals surface area contributed by atoms with Crippen LogP contribution in [0.15, 0.2) is 30.3 Å². The standard InChI is InChI=1S/C15H19NO3/c1-4-15(3,14(18)19)16-13(17)10-9-12-8-6-5-7-11(12)2/h5-10H,4H2,1-3H3,(H,16,17)(H,18,19). The molecule has 1 unspecified atom stereocenters. The van der Waals surface area contributed by atoms with Crippen molar-refractivity contribution in [3.05, 3.63) is 41.5 Å². The number of aliphatic carboxylic acids is 1. The molecule has 0 aliphatic carbocycles. The fourth-order valence-electron chi connectivity index (χ4n) is 1.55. The molecule has 0 spiro atoms. The third-order valence-electron chi connectivity index (χ3n) is 3.18. The van der Waals surface area contributed by atoms with Crippen LogP contribution in [0.2, 0.25) is 0 Å². The molecule has 0 heterocycles. The summed E-state index contributed by atoms with van der Waals surface area (Å²) in [6, 6.07) is 7.66. The predicted molar refractivity (Wildman–Crippen MR) is 74.7 cm³/mol. The van der Waals surface area contributed by atoms with Crippen molar-refractivity contribution in [1.29, 1.82) is 0 Å². The topological polar surface area (TPSA) is 66.4 Å². The lowest BCUT2D eigenvalue weighted by Crippen LogP contribution is -2.51. The number of carboxylic acids is 1. The maximum atomic E-state index is 11.7. The van der Waals surface area contributed by atoms with Crippen LogP contribution in [-0.4, -0.2) is 22.5 Å². The number of carboxylic acid groups (broad SMARTS) is 1. The zero-order valence-corrected chi connectivity index (χ0v) is 11.4. The van der Waals surface area contributed by atoms with Gasteiger partial charge in [0.05, 0.1) is 0 Å². The van der Waals surface area contributed by atoms with Crippen LogP contribution in [0.3, 0.4) is 0 Å². The molecule has 0 aliphatic rings. The van der Waals surface area contributed by atoms with E-state index in [1.807, 2.05) is 31.2 Å². The molecule has 0 fully saturated rings. The van der Waals surface area contributed by atoms with Gasteiger partial charge in [0.15, 0.2) is 0 Å². The minimum absolute atomic E-state index is 0.326. The number of amides is 1. The number of carbonyl (C=O) groups excluding carboxylic acids is 1. The zero-order valence-electron chi connectivity index (χ0n) is 11.4. The largest absolute Gasteiger partial charge is 0.480 e. The first-order valence-corrected chi connectivity index (χ1v) is 6.18. The van der Waals surface area contributed by atoms with E-state index in [0.29, 0.717) is 6.42 Å². The Kier molecular flexibility index (Phi) is 4.87. The fourth-order valence-corrected chi connectivity index (χ4v) is 1.55. The summed E-state index contributed by atoms with van der Waals surface area (Å²) in [5.74, 6) is -1.44. The summed E-state index contributed by atoms with van der Waals surface area (Å²) in [5, 5.41) is 11.6. The highest BCUT2D eigenvalue weighted by atomic mass is 16.4. The number of hydrogen-bond acceptors (Lipinski definition) is 2. The lowest BCUT2D eigenvalue weighted by atomic mass is 9.99. The minimum Gasteiger partial charge on any atom is -0.480 e. The molecule has 1 atom stereocenters. The van der Waals surface area contributed by atoms with Gasteiger partial charge >= 0.3 is 5.97 Å². The monoisotopic (exact) mass is 261 g/mol. The molecule has 4 heteroatoms. The number of aryl methyl sites for hydroxylation is 1. The molecule has 2 N–H and O–H groups in total. The minimum atomic E-state index is -1.23. The third kappa shape index (κ3) is 3.95. The summed E-state index contributed by atoms with van der Waals surface area (Å²) in [7, 11) is 0. The van der Waals surface area contributed by atoms with Gasteiger partial charge in [0, 0.05) is 6.08 Å². The second-order valence-electron chi connectivity index (χ2n) is 4.67. The number of nitrogens with one attached hydrogen (secondary N) is 1. The van der Waals surface area contributed by atoms with Crippen molar-refractivity contribution in [2.75, 3.05) is 0 Å². The van der Waals surface area contributed by atoms with Crippen LogP contribution in [-0.2, 0) is 9.59 Å². The van der Waals surface area contributed by atoms with Crippen molar-refractivity contribution in [2.24, 2.45) is 0 Å². The van der Waals surface area contributed by atoms with Gasteiger partial charge in [0.25, 0.3) is 0 Å². The Hall–Kier alpha value is -2.10. The highest BCUT2D eigenvalue weighted by Crippen LogP contribution is 2.11. The van der Waals surface area contributed by atoms with E-state index < -0.39 is 17.4 Å². The van der Waals surface area contributed by atoms with Gasteiger partial charge in [-0.15, -0.1) is 0 Å². The van der Waals surface area contributed by atoms with Gasteiger partial charge in [-0.05, 0) is 37.5 Å². The Bertz CT molecular complexity index is 508. The van der Waals surface area contributed by atoms with Crippen molar-refractivity contribution in [3.8, 4) is 0 Å². The molecule has 102 valence electrons. The summed E-state index contributed by atoms with van der Waals surface area (Å²) in [6.07, 6.45) is 3.37. The summed E-state index contributed by atoms with van der Waals surface area (Å²) < 4.78 is 0. The van der Waals surface area contributed by atoms with E-state index >= 15 is 0 Å². The van der Waals surface area contributed by atoms with Gasteiger partial charge in [0.1, 0.15) is 5.54 Å². The Morgan fingerprint density at radius 1 is 1.37 bits per heavy atom. The van der Waals surface area contributed by atoms with Crippen LogP contribution in [0.5, 0.6) is 0 Å². The fraction of sp³-hybridized carbons (Fsp3) is 0.333. The smallest absolute Gasteiger partial charge is 0.329 e. The SMILES string of the molecule is CCC(C)(NC(=O)C=Cc1ccccc1C)C(=O)O. The van der Waals surface area contributed by atoms with Gasteiger partial charge in [-0.3, -0.25) is 4.79 Å². The molecule has 1 amide bonds. The normalized spacial score (nSPS) is 14.1. The highest BCUT2D eigenvalue weighted by Gasteiger charge is 2.31. The van der Waals surface area contributed by atoms with E-state index in [1.54, 1.807) is 13.0 Å². The molecule has 1 aromatic carbocycles. The third-order valence-corrected chi connectivity index (χ3v) is 3.18. The highest BCUT2D eigenvalue weighted by molar-refractivity contribution is 5.95. The maximum absolute atomic E-state index is 11.7. The molecule has 0 bridgehead atoms. The Labute approximate surface area is 113 Å². The van der Waals surface area contributed by atoms with Gasteiger partial charge < -0.3 is 10.4 Å². The lowest BCUT2D eigenvalue weighted by Gasteiger charge is -2.23. The number of benzene rings is 1. The van der Waals surface area contributed by atoms with Crippen LogP contribution in [0.4, 0.5) is 0 Å². The van der Waals surface area contributed by atoms with E-state index in [1.165, 1.54) is 13.0 Å². The molecular weight excluding hydrogens is 242 g/mol. The molecule has 4 nitrogen and oxygen atoms in total. The lowest BCUT2D eigenvalue weighted by molar-refractivity contribution is -0.146. The average Bonchev–Trinajstić information content (AvgIpc) is 2.37. The molecule has 0 aliphatic heterocycles. The van der Waals surface area contributed by atoms with E-state index in [0.717, 1.165) is 11.1 Å². The Balaban J connectivity index is 2.76. The quantitative estimate of drug-likeness (QED) is 0.800. The predicted octanol–water partition coefficient (Wildman–Crippen LogP) is 2.38. The second-order valence-corrected chi connectivity index (χ2v) is 4.67. The van der Waals surface area contributed by atoms with E-state index in [-0.39, 0.29) is 0 Å². The average molecular weight is 261 g/mol. The Morgan fingerprint density at radius 3 is 2.53 bits per heavy atom. The zero-order chi connectivity index (χ0) is 14.5. The first kappa shape index (κ1) is 15.0. The van der Waals surface area contributed by atoms with E-state index in [2.05, 4.69) is 5.32 Å². The van der Waals surface area contributed by atoms with Crippen LogP contribution in [0, 0.1) is 6.92 Å².